The number of thioether (sulfide) groups is 1. The zero-order valence-corrected chi connectivity index (χ0v) is 21.4. The lowest BCUT2D eigenvalue weighted by atomic mass is 10.2. The summed E-state index contributed by atoms with van der Waals surface area (Å²) >= 11 is 14.7. The standard InChI is InChI=1S/C25H18Cl2FN3O2S2/c1-14(23(32)31-25-30-22(13-34-25)15-9-10-19(26)20(27)11-15)35-17-6-4-5-16(12-17)29-24(33)18-7-2-3-8-21(18)28/h2-14H,1H3,(H,29,33)(H,30,31,32). The molecule has 2 N–H and O–H groups in total. The summed E-state index contributed by atoms with van der Waals surface area (Å²) in [5, 5.41) is 8.26. The second-order valence-electron chi connectivity index (χ2n) is 7.38. The molecular formula is C25H18Cl2FN3O2S2. The van der Waals surface area contributed by atoms with Gasteiger partial charge in [0.2, 0.25) is 5.91 Å². The normalized spacial score (nSPS) is 11.7. The molecular weight excluding hydrogens is 528 g/mol. The highest BCUT2D eigenvalue weighted by Crippen LogP contribution is 2.31. The number of amides is 2. The highest BCUT2D eigenvalue weighted by atomic mass is 35.5. The number of hydrogen-bond acceptors (Lipinski definition) is 5. The molecule has 4 rings (SSSR count). The summed E-state index contributed by atoms with van der Waals surface area (Å²) in [5.74, 6) is -1.35. The fourth-order valence-electron chi connectivity index (χ4n) is 3.07. The van der Waals surface area contributed by atoms with Crippen LogP contribution in [0.3, 0.4) is 0 Å². The molecule has 0 aliphatic rings. The maximum absolute atomic E-state index is 13.9. The Bertz CT molecular complexity index is 1400. The first kappa shape index (κ1) is 25.2. The van der Waals surface area contributed by atoms with Crippen LogP contribution in [0.4, 0.5) is 15.2 Å². The zero-order valence-electron chi connectivity index (χ0n) is 18.2. The smallest absolute Gasteiger partial charge is 0.258 e. The topological polar surface area (TPSA) is 71.1 Å². The Labute approximate surface area is 219 Å². The number of nitrogens with zero attached hydrogens (tertiary/aromatic N) is 1. The molecule has 1 atom stereocenters. The van der Waals surface area contributed by atoms with E-state index in [1.54, 1.807) is 43.3 Å². The molecule has 4 aromatic rings. The van der Waals surface area contributed by atoms with Gasteiger partial charge in [0.25, 0.3) is 5.91 Å². The summed E-state index contributed by atoms with van der Waals surface area (Å²) in [6.45, 7) is 1.78. The Morgan fingerprint density at radius 3 is 2.57 bits per heavy atom. The Kier molecular flexibility index (Phi) is 8.07. The van der Waals surface area contributed by atoms with Crippen LogP contribution in [0.5, 0.6) is 0 Å². The maximum Gasteiger partial charge on any atom is 0.258 e. The first-order valence-corrected chi connectivity index (χ1v) is 12.9. The Hall–Kier alpha value is -2.91. The lowest BCUT2D eigenvalue weighted by molar-refractivity contribution is -0.115. The van der Waals surface area contributed by atoms with E-state index in [2.05, 4.69) is 15.6 Å². The number of carbonyl (C=O) groups is 2. The van der Waals surface area contributed by atoms with Gasteiger partial charge in [-0.15, -0.1) is 23.1 Å². The van der Waals surface area contributed by atoms with Crippen molar-refractivity contribution in [1.29, 1.82) is 0 Å². The van der Waals surface area contributed by atoms with Crippen LogP contribution in [0.25, 0.3) is 11.3 Å². The van der Waals surface area contributed by atoms with Gasteiger partial charge in [-0.25, -0.2) is 9.37 Å². The van der Waals surface area contributed by atoms with E-state index in [0.717, 1.165) is 10.5 Å². The predicted octanol–water partition coefficient (Wildman–Crippen LogP) is 7.63. The van der Waals surface area contributed by atoms with E-state index in [1.807, 2.05) is 17.5 Å². The van der Waals surface area contributed by atoms with Gasteiger partial charge in [0.15, 0.2) is 5.13 Å². The van der Waals surface area contributed by atoms with Gasteiger partial charge >= 0.3 is 0 Å². The van der Waals surface area contributed by atoms with Crippen LogP contribution in [0.15, 0.2) is 77.0 Å². The van der Waals surface area contributed by atoms with Gasteiger partial charge in [0.1, 0.15) is 5.82 Å². The molecule has 5 nitrogen and oxygen atoms in total. The first-order chi connectivity index (χ1) is 16.8. The minimum atomic E-state index is -0.592. The molecule has 35 heavy (non-hydrogen) atoms. The summed E-state index contributed by atoms with van der Waals surface area (Å²) in [6, 6.07) is 18.0. The van der Waals surface area contributed by atoms with Gasteiger partial charge in [0, 0.05) is 21.5 Å². The minimum Gasteiger partial charge on any atom is -0.322 e. The van der Waals surface area contributed by atoms with Crippen LogP contribution in [0.1, 0.15) is 17.3 Å². The van der Waals surface area contributed by atoms with Gasteiger partial charge in [-0.2, -0.15) is 0 Å². The van der Waals surface area contributed by atoms with Crippen molar-refractivity contribution >= 4 is 68.9 Å². The number of halogens is 3. The SMILES string of the molecule is CC(Sc1cccc(NC(=O)c2ccccc2F)c1)C(=O)Nc1nc(-c2ccc(Cl)c(Cl)c2)cs1. The van der Waals surface area contributed by atoms with Crippen molar-refractivity contribution in [3.8, 4) is 11.3 Å². The van der Waals surface area contributed by atoms with E-state index in [-0.39, 0.29) is 11.5 Å². The number of thiazole rings is 1. The Morgan fingerprint density at radius 1 is 1.00 bits per heavy atom. The Balaban J connectivity index is 1.37. The van der Waals surface area contributed by atoms with Crippen molar-refractivity contribution in [3.63, 3.8) is 0 Å². The third kappa shape index (κ3) is 6.41. The van der Waals surface area contributed by atoms with Crippen LogP contribution < -0.4 is 10.6 Å². The molecule has 0 saturated carbocycles. The van der Waals surface area contributed by atoms with E-state index in [4.69, 9.17) is 23.2 Å². The van der Waals surface area contributed by atoms with Crippen molar-refractivity contribution in [2.75, 3.05) is 10.6 Å². The monoisotopic (exact) mass is 545 g/mol. The molecule has 0 bridgehead atoms. The lowest BCUT2D eigenvalue weighted by Gasteiger charge is -2.12. The van der Waals surface area contributed by atoms with Crippen molar-refractivity contribution in [3.05, 3.63) is 93.5 Å². The van der Waals surface area contributed by atoms with Crippen molar-refractivity contribution in [2.45, 2.75) is 17.1 Å². The van der Waals surface area contributed by atoms with Crippen LogP contribution in [0.2, 0.25) is 10.0 Å². The largest absolute Gasteiger partial charge is 0.322 e. The number of aromatic nitrogens is 1. The molecule has 2 amide bonds. The van der Waals surface area contributed by atoms with Crippen molar-refractivity contribution in [1.82, 2.24) is 4.98 Å². The summed E-state index contributed by atoms with van der Waals surface area (Å²) in [4.78, 5) is 30.3. The molecule has 0 saturated heterocycles. The Morgan fingerprint density at radius 2 is 1.80 bits per heavy atom. The number of anilines is 2. The number of carbonyl (C=O) groups excluding carboxylic acids is 2. The predicted molar refractivity (Wildman–Crippen MR) is 142 cm³/mol. The summed E-state index contributed by atoms with van der Waals surface area (Å²) in [5.41, 5.74) is 1.94. The van der Waals surface area contributed by atoms with Gasteiger partial charge in [0.05, 0.1) is 26.6 Å². The highest BCUT2D eigenvalue weighted by molar-refractivity contribution is 8.00. The number of rotatable bonds is 7. The molecule has 10 heteroatoms. The van der Waals surface area contributed by atoms with E-state index >= 15 is 0 Å². The maximum atomic E-state index is 13.9. The third-order valence-electron chi connectivity index (χ3n) is 4.84. The van der Waals surface area contributed by atoms with Gasteiger partial charge in [-0.05, 0) is 49.4 Å². The van der Waals surface area contributed by atoms with Crippen molar-refractivity contribution < 1.29 is 14.0 Å². The lowest BCUT2D eigenvalue weighted by Crippen LogP contribution is -2.22. The average Bonchev–Trinajstić information content (AvgIpc) is 3.29. The summed E-state index contributed by atoms with van der Waals surface area (Å²) in [7, 11) is 0. The zero-order chi connectivity index (χ0) is 24.9. The second-order valence-corrected chi connectivity index (χ2v) is 10.5. The summed E-state index contributed by atoms with van der Waals surface area (Å²) < 4.78 is 13.9. The van der Waals surface area contributed by atoms with Gasteiger partial charge in [-0.1, -0.05) is 47.5 Å². The molecule has 0 aliphatic heterocycles. The summed E-state index contributed by atoms with van der Waals surface area (Å²) in [6.07, 6.45) is 0. The van der Waals surface area contributed by atoms with Crippen molar-refractivity contribution in [2.24, 2.45) is 0 Å². The number of nitrogens with one attached hydrogen (secondary N) is 2. The molecule has 0 spiro atoms. The molecule has 178 valence electrons. The van der Waals surface area contributed by atoms with Crippen LogP contribution in [-0.4, -0.2) is 22.0 Å². The van der Waals surface area contributed by atoms with Gasteiger partial charge < -0.3 is 10.6 Å². The van der Waals surface area contributed by atoms with E-state index < -0.39 is 17.0 Å². The number of benzene rings is 3. The fourth-order valence-corrected chi connectivity index (χ4v) is 5.02. The minimum absolute atomic E-state index is 0.0398. The third-order valence-corrected chi connectivity index (χ3v) is 7.43. The second kappa shape index (κ2) is 11.2. The van der Waals surface area contributed by atoms with Crippen LogP contribution >= 0.6 is 46.3 Å². The molecule has 1 aromatic heterocycles. The molecule has 1 heterocycles. The van der Waals surface area contributed by atoms with E-state index in [1.165, 1.54) is 41.3 Å². The van der Waals surface area contributed by atoms with Gasteiger partial charge in [-0.3, -0.25) is 9.59 Å². The quantitative estimate of drug-likeness (QED) is 0.234. The molecule has 0 radical (unpaired) electrons. The molecule has 3 aromatic carbocycles. The average molecular weight is 546 g/mol. The first-order valence-electron chi connectivity index (χ1n) is 10.3. The highest BCUT2D eigenvalue weighted by Gasteiger charge is 2.17. The van der Waals surface area contributed by atoms with E-state index in [0.29, 0.717) is 26.6 Å². The molecule has 0 fully saturated rings. The van der Waals surface area contributed by atoms with E-state index in [9.17, 15) is 14.0 Å². The van der Waals surface area contributed by atoms with Crippen LogP contribution in [-0.2, 0) is 4.79 Å². The molecule has 0 aliphatic carbocycles. The fraction of sp³-hybridized carbons (Fsp3) is 0.0800. The molecule has 1 unspecified atom stereocenters. The van der Waals surface area contributed by atoms with Crippen LogP contribution in [0, 0.1) is 5.82 Å². The number of hydrogen-bond donors (Lipinski definition) is 2.